The molecule has 1 aliphatic rings. The van der Waals surface area contributed by atoms with Crippen LogP contribution in [0.3, 0.4) is 0 Å². The van der Waals surface area contributed by atoms with Crippen molar-refractivity contribution < 1.29 is 24.2 Å². The summed E-state index contributed by atoms with van der Waals surface area (Å²) in [6, 6.07) is 15.1. The van der Waals surface area contributed by atoms with Crippen molar-refractivity contribution in [2.24, 2.45) is 0 Å². The number of nitrogens with zero attached hydrogens (tertiary/aromatic N) is 1. The van der Waals surface area contributed by atoms with E-state index in [1.54, 1.807) is 20.8 Å². The van der Waals surface area contributed by atoms with Gasteiger partial charge in [0.2, 0.25) is 5.91 Å². The Hall–Kier alpha value is -3.35. The van der Waals surface area contributed by atoms with Crippen molar-refractivity contribution in [3.05, 3.63) is 59.7 Å². The van der Waals surface area contributed by atoms with E-state index in [1.807, 2.05) is 36.4 Å². The van der Waals surface area contributed by atoms with Crippen molar-refractivity contribution in [2.75, 3.05) is 13.2 Å². The maximum Gasteiger partial charge on any atom is 0.407 e. The topological polar surface area (TPSA) is 95.9 Å². The predicted molar refractivity (Wildman–Crippen MR) is 117 cm³/mol. The third kappa shape index (κ3) is 5.05. The van der Waals surface area contributed by atoms with Crippen LogP contribution in [0.15, 0.2) is 48.5 Å². The van der Waals surface area contributed by atoms with Crippen LogP contribution in [0.25, 0.3) is 11.1 Å². The Morgan fingerprint density at radius 2 is 1.55 bits per heavy atom. The van der Waals surface area contributed by atoms with Crippen LogP contribution in [0.4, 0.5) is 4.79 Å². The maximum atomic E-state index is 12.7. The molecule has 7 heteroatoms. The molecule has 0 saturated carbocycles. The minimum atomic E-state index is -0.976. The summed E-state index contributed by atoms with van der Waals surface area (Å²) in [5.74, 6) is -1.38. The van der Waals surface area contributed by atoms with Gasteiger partial charge in [-0.05, 0) is 43.0 Å². The van der Waals surface area contributed by atoms with Gasteiger partial charge in [-0.3, -0.25) is 9.59 Å². The lowest BCUT2D eigenvalue weighted by atomic mass is 9.98. The molecule has 0 heterocycles. The molecule has 0 fully saturated rings. The molecule has 1 aliphatic carbocycles. The third-order valence-corrected chi connectivity index (χ3v) is 5.52. The van der Waals surface area contributed by atoms with E-state index in [2.05, 4.69) is 17.4 Å². The van der Waals surface area contributed by atoms with Crippen molar-refractivity contribution in [1.82, 2.24) is 10.2 Å². The Morgan fingerprint density at radius 1 is 1.00 bits per heavy atom. The minimum absolute atomic E-state index is 0.0631. The first-order chi connectivity index (χ1) is 14.8. The number of hydrogen-bond acceptors (Lipinski definition) is 4. The van der Waals surface area contributed by atoms with E-state index in [0.29, 0.717) is 0 Å². The van der Waals surface area contributed by atoms with Crippen molar-refractivity contribution in [3.8, 4) is 11.1 Å². The second kappa shape index (κ2) is 9.64. The highest BCUT2D eigenvalue weighted by atomic mass is 16.5. The standard InChI is InChI=1S/C24H28N2O5/c1-15(2)26(13-12-22(27)28)23(29)16(3)25-24(30)31-14-21-19-10-6-4-8-17(19)18-9-5-7-11-20(18)21/h4-11,15-16,21H,12-14H2,1-3H3,(H,25,30)(H,27,28)/t16-/m0/s1. The highest BCUT2D eigenvalue weighted by Gasteiger charge is 2.30. The number of amides is 2. The van der Waals surface area contributed by atoms with Crippen LogP contribution in [0, 0.1) is 0 Å². The molecule has 0 radical (unpaired) electrons. The number of nitrogens with one attached hydrogen (secondary N) is 1. The molecule has 0 bridgehead atoms. The zero-order valence-electron chi connectivity index (χ0n) is 18.0. The van der Waals surface area contributed by atoms with E-state index >= 15 is 0 Å². The SMILES string of the molecule is CC(C)N(CCC(=O)O)C(=O)[C@H](C)NC(=O)OCC1c2ccccc2-c2ccccc21. The van der Waals surface area contributed by atoms with Gasteiger partial charge in [0.25, 0.3) is 0 Å². The summed E-state index contributed by atoms with van der Waals surface area (Å²) in [5.41, 5.74) is 4.50. The Kier molecular flexibility index (Phi) is 6.95. The summed E-state index contributed by atoms with van der Waals surface area (Å²) in [7, 11) is 0. The fraction of sp³-hybridized carbons (Fsp3) is 0.375. The second-order valence-corrected chi connectivity index (χ2v) is 7.96. The van der Waals surface area contributed by atoms with Crippen molar-refractivity contribution >= 4 is 18.0 Å². The number of carboxylic acid groups (broad SMARTS) is 1. The average Bonchev–Trinajstić information content (AvgIpc) is 3.05. The Bertz CT molecular complexity index is 926. The molecule has 3 rings (SSSR count). The summed E-state index contributed by atoms with van der Waals surface area (Å²) >= 11 is 0. The molecular weight excluding hydrogens is 396 g/mol. The van der Waals surface area contributed by atoms with Crippen LogP contribution in [-0.2, 0) is 14.3 Å². The van der Waals surface area contributed by atoms with Gasteiger partial charge in [0.05, 0.1) is 6.42 Å². The molecule has 0 saturated heterocycles. The molecule has 7 nitrogen and oxygen atoms in total. The van der Waals surface area contributed by atoms with Crippen molar-refractivity contribution in [1.29, 1.82) is 0 Å². The number of alkyl carbamates (subject to hydrolysis) is 1. The number of carbonyl (C=O) groups is 3. The molecule has 0 aromatic heterocycles. The zero-order chi connectivity index (χ0) is 22.5. The van der Waals surface area contributed by atoms with Crippen LogP contribution in [0.5, 0.6) is 0 Å². The molecule has 2 amide bonds. The number of rotatable bonds is 8. The quantitative estimate of drug-likeness (QED) is 0.675. The molecule has 164 valence electrons. The Labute approximate surface area is 182 Å². The van der Waals surface area contributed by atoms with Crippen LogP contribution in [-0.4, -0.2) is 53.2 Å². The van der Waals surface area contributed by atoms with Gasteiger partial charge in [-0.1, -0.05) is 48.5 Å². The van der Waals surface area contributed by atoms with Crippen LogP contribution in [0.1, 0.15) is 44.2 Å². The number of ether oxygens (including phenoxy) is 1. The molecule has 2 N–H and O–H groups in total. The normalized spacial score (nSPS) is 13.3. The van der Waals surface area contributed by atoms with Crippen LogP contribution in [0.2, 0.25) is 0 Å². The van der Waals surface area contributed by atoms with Gasteiger partial charge in [-0.15, -0.1) is 0 Å². The predicted octanol–water partition coefficient (Wildman–Crippen LogP) is 3.63. The van der Waals surface area contributed by atoms with E-state index in [4.69, 9.17) is 9.84 Å². The smallest absolute Gasteiger partial charge is 0.407 e. The van der Waals surface area contributed by atoms with Gasteiger partial charge in [-0.2, -0.15) is 0 Å². The summed E-state index contributed by atoms with van der Waals surface area (Å²) in [6.07, 6.45) is -0.827. The summed E-state index contributed by atoms with van der Waals surface area (Å²) in [6.45, 7) is 5.43. The molecule has 0 spiro atoms. The molecule has 0 unspecified atom stereocenters. The molecule has 31 heavy (non-hydrogen) atoms. The summed E-state index contributed by atoms with van der Waals surface area (Å²) < 4.78 is 5.48. The van der Waals surface area contributed by atoms with Crippen LogP contribution < -0.4 is 5.32 Å². The lowest BCUT2D eigenvalue weighted by Crippen LogP contribution is -2.50. The van der Waals surface area contributed by atoms with E-state index in [-0.39, 0.29) is 37.4 Å². The monoisotopic (exact) mass is 424 g/mol. The van der Waals surface area contributed by atoms with Gasteiger partial charge in [0.15, 0.2) is 0 Å². The number of carboxylic acids is 1. The Morgan fingerprint density at radius 3 is 2.06 bits per heavy atom. The number of benzene rings is 2. The first kappa shape index (κ1) is 22.3. The van der Waals surface area contributed by atoms with Gasteiger partial charge in [-0.25, -0.2) is 4.79 Å². The molecule has 2 aromatic rings. The van der Waals surface area contributed by atoms with Gasteiger partial charge >= 0.3 is 12.1 Å². The number of aliphatic carboxylic acids is 1. The van der Waals surface area contributed by atoms with Crippen LogP contribution >= 0.6 is 0 Å². The number of fused-ring (bicyclic) bond motifs is 3. The fourth-order valence-corrected chi connectivity index (χ4v) is 3.97. The van der Waals surface area contributed by atoms with Gasteiger partial charge in [0.1, 0.15) is 12.6 Å². The van der Waals surface area contributed by atoms with Crippen molar-refractivity contribution in [3.63, 3.8) is 0 Å². The van der Waals surface area contributed by atoms with E-state index in [1.165, 1.54) is 4.90 Å². The van der Waals surface area contributed by atoms with E-state index in [0.717, 1.165) is 22.3 Å². The highest BCUT2D eigenvalue weighted by molar-refractivity contribution is 5.86. The summed E-state index contributed by atoms with van der Waals surface area (Å²) in [5, 5.41) is 11.5. The molecular formula is C24H28N2O5. The van der Waals surface area contributed by atoms with E-state index in [9.17, 15) is 14.4 Å². The third-order valence-electron chi connectivity index (χ3n) is 5.52. The number of carbonyl (C=O) groups excluding carboxylic acids is 2. The number of hydrogen-bond donors (Lipinski definition) is 2. The highest BCUT2D eigenvalue weighted by Crippen LogP contribution is 2.44. The summed E-state index contributed by atoms with van der Waals surface area (Å²) in [4.78, 5) is 37.4. The zero-order valence-corrected chi connectivity index (χ0v) is 18.0. The first-order valence-corrected chi connectivity index (χ1v) is 10.4. The molecule has 2 aromatic carbocycles. The average molecular weight is 424 g/mol. The van der Waals surface area contributed by atoms with Crippen molar-refractivity contribution in [2.45, 2.75) is 45.2 Å². The largest absolute Gasteiger partial charge is 0.481 e. The molecule has 1 atom stereocenters. The second-order valence-electron chi connectivity index (χ2n) is 7.96. The van der Waals surface area contributed by atoms with Gasteiger partial charge in [0, 0.05) is 18.5 Å². The minimum Gasteiger partial charge on any atom is -0.481 e. The first-order valence-electron chi connectivity index (χ1n) is 10.4. The lowest BCUT2D eigenvalue weighted by Gasteiger charge is -2.29. The maximum absolute atomic E-state index is 12.7. The Balaban J connectivity index is 1.61. The van der Waals surface area contributed by atoms with Gasteiger partial charge < -0.3 is 20.1 Å². The van der Waals surface area contributed by atoms with E-state index < -0.39 is 18.1 Å². The molecule has 0 aliphatic heterocycles. The fourth-order valence-electron chi connectivity index (χ4n) is 3.97. The lowest BCUT2D eigenvalue weighted by molar-refractivity contribution is -0.139.